The van der Waals surface area contributed by atoms with E-state index in [0.717, 1.165) is 17.1 Å². The molecule has 0 N–H and O–H groups in total. The van der Waals surface area contributed by atoms with Gasteiger partial charge in [-0.3, -0.25) is 0 Å². The van der Waals surface area contributed by atoms with Crippen LogP contribution in [0.3, 0.4) is 0 Å². The number of methoxy groups -OCH3 is 1. The van der Waals surface area contributed by atoms with Crippen LogP contribution >= 0.6 is 0 Å². The first kappa shape index (κ1) is 16.5. The van der Waals surface area contributed by atoms with Gasteiger partial charge in [-0.25, -0.2) is 4.79 Å². The molecular weight excluding hydrogens is 320 g/mol. The van der Waals surface area contributed by atoms with E-state index in [1.54, 1.807) is 37.5 Å². The topological polar surface area (TPSA) is 54.0 Å². The number of benzene rings is 2. The highest BCUT2D eigenvalue weighted by molar-refractivity contribution is 5.89. The minimum absolute atomic E-state index is 0.143. The van der Waals surface area contributed by atoms with Crippen LogP contribution in [-0.2, 0) is 9.53 Å². The van der Waals surface area contributed by atoms with Gasteiger partial charge < -0.3 is 18.9 Å². The van der Waals surface area contributed by atoms with Gasteiger partial charge in [0, 0.05) is 11.5 Å². The fourth-order valence-electron chi connectivity index (χ4n) is 2.16. The predicted octanol–water partition coefficient (Wildman–Crippen LogP) is 3.03. The maximum atomic E-state index is 11.6. The zero-order chi connectivity index (χ0) is 17.5. The molecule has 2 aromatic rings. The molecule has 0 spiro atoms. The van der Waals surface area contributed by atoms with E-state index < -0.39 is 5.97 Å². The van der Waals surface area contributed by atoms with Crippen molar-refractivity contribution < 1.29 is 23.7 Å². The Balaban J connectivity index is 1.48. The van der Waals surface area contributed by atoms with Gasteiger partial charge in [-0.05, 0) is 48.0 Å². The highest BCUT2D eigenvalue weighted by Crippen LogP contribution is 2.32. The third-order valence-electron chi connectivity index (χ3n) is 3.42. The Morgan fingerprint density at radius 3 is 2.76 bits per heavy atom. The second-order valence-electron chi connectivity index (χ2n) is 5.09. The molecule has 0 unspecified atom stereocenters. The summed E-state index contributed by atoms with van der Waals surface area (Å²) in [6.07, 6.45) is 3.58. The lowest BCUT2D eigenvalue weighted by molar-refractivity contribution is -0.135. The zero-order valence-corrected chi connectivity index (χ0v) is 13.7. The predicted molar refractivity (Wildman–Crippen MR) is 92.4 cm³/mol. The Kier molecular flexibility index (Phi) is 5.22. The number of esters is 1. The normalized spacial score (nSPS) is 11.7. The zero-order valence-electron chi connectivity index (χ0n) is 13.7. The number of carbonyl (C=O) groups is 1. The van der Waals surface area contributed by atoms with Gasteiger partial charge in [0.15, 0.2) is 11.5 Å². The van der Waals surface area contributed by atoms with E-state index in [0.29, 0.717) is 11.3 Å². The molecule has 5 heteroatoms. The van der Waals surface area contributed by atoms with E-state index in [4.69, 9.17) is 18.9 Å². The number of rotatable bonds is 4. The smallest absolute Gasteiger partial charge is 0.385 e. The summed E-state index contributed by atoms with van der Waals surface area (Å²) >= 11 is 0. The molecular formula is C20H16O5. The van der Waals surface area contributed by atoms with Gasteiger partial charge in [-0.1, -0.05) is 18.1 Å². The summed E-state index contributed by atoms with van der Waals surface area (Å²) in [6, 6.07) is 12.7. The Labute approximate surface area is 145 Å². The molecule has 0 aliphatic carbocycles. The standard InChI is InChI=1S/C20H16O5/c1-22-17-8-4-15(5-9-17)7-11-20(21)23-12-2-3-16-6-10-18-19(13-16)25-14-24-18/h2-6,8-10,13H,12,14H2,1H3/b3-2+. The lowest BCUT2D eigenvalue weighted by Gasteiger charge is -1.98. The lowest BCUT2D eigenvalue weighted by atomic mass is 10.2. The average Bonchev–Trinajstić information content (AvgIpc) is 3.12. The Morgan fingerprint density at radius 2 is 1.96 bits per heavy atom. The van der Waals surface area contributed by atoms with Gasteiger partial charge in [0.2, 0.25) is 6.79 Å². The van der Waals surface area contributed by atoms with Crippen molar-refractivity contribution >= 4 is 12.0 Å². The molecule has 126 valence electrons. The third-order valence-corrected chi connectivity index (χ3v) is 3.42. The van der Waals surface area contributed by atoms with Crippen LogP contribution in [-0.4, -0.2) is 26.5 Å². The van der Waals surface area contributed by atoms with E-state index in [1.165, 1.54) is 0 Å². The summed E-state index contributed by atoms with van der Waals surface area (Å²) in [5, 5.41) is 0. The SMILES string of the molecule is COc1ccc(C#CC(=O)OC/C=C/c2ccc3c(c2)OCO3)cc1. The van der Waals surface area contributed by atoms with E-state index in [1.807, 2.05) is 24.3 Å². The van der Waals surface area contributed by atoms with Crippen molar-refractivity contribution in [3.05, 3.63) is 59.7 Å². The summed E-state index contributed by atoms with van der Waals surface area (Å²) in [6.45, 7) is 0.386. The van der Waals surface area contributed by atoms with Crippen molar-refractivity contribution in [3.8, 4) is 29.1 Å². The molecule has 5 nitrogen and oxygen atoms in total. The van der Waals surface area contributed by atoms with Crippen LogP contribution in [0.1, 0.15) is 11.1 Å². The molecule has 3 rings (SSSR count). The summed E-state index contributed by atoms with van der Waals surface area (Å²) in [5.74, 6) is 6.80. The largest absolute Gasteiger partial charge is 0.497 e. The molecule has 1 heterocycles. The van der Waals surface area contributed by atoms with Crippen LogP contribution in [0.5, 0.6) is 17.2 Å². The molecule has 0 saturated carbocycles. The molecule has 2 aromatic carbocycles. The minimum Gasteiger partial charge on any atom is -0.497 e. The van der Waals surface area contributed by atoms with Crippen molar-refractivity contribution in [3.63, 3.8) is 0 Å². The second-order valence-corrected chi connectivity index (χ2v) is 5.09. The van der Waals surface area contributed by atoms with E-state index in [9.17, 15) is 4.79 Å². The first-order chi connectivity index (χ1) is 12.2. The number of hydrogen-bond donors (Lipinski definition) is 0. The number of fused-ring (bicyclic) bond motifs is 1. The van der Waals surface area contributed by atoms with Crippen molar-refractivity contribution in [2.75, 3.05) is 20.5 Å². The molecule has 0 bridgehead atoms. The van der Waals surface area contributed by atoms with Gasteiger partial charge in [-0.15, -0.1) is 0 Å². The van der Waals surface area contributed by atoms with Crippen LogP contribution in [0, 0.1) is 11.8 Å². The van der Waals surface area contributed by atoms with Crippen LogP contribution < -0.4 is 14.2 Å². The summed E-state index contributed by atoms with van der Waals surface area (Å²) in [5.41, 5.74) is 1.65. The first-order valence-corrected chi connectivity index (χ1v) is 7.63. The maximum absolute atomic E-state index is 11.6. The van der Waals surface area contributed by atoms with Gasteiger partial charge >= 0.3 is 5.97 Å². The average molecular weight is 336 g/mol. The maximum Gasteiger partial charge on any atom is 0.385 e. The van der Waals surface area contributed by atoms with Gasteiger partial charge in [0.05, 0.1) is 7.11 Å². The molecule has 0 amide bonds. The second kappa shape index (κ2) is 7.93. The molecule has 1 aliphatic rings. The Hall–Kier alpha value is -3.39. The van der Waals surface area contributed by atoms with Gasteiger partial charge in [-0.2, -0.15) is 0 Å². The minimum atomic E-state index is -0.578. The van der Waals surface area contributed by atoms with Crippen molar-refractivity contribution in [2.45, 2.75) is 0 Å². The van der Waals surface area contributed by atoms with Gasteiger partial charge in [0.25, 0.3) is 0 Å². The highest BCUT2D eigenvalue weighted by Gasteiger charge is 2.11. The van der Waals surface area contributed by atoms with E-state index >= 15 is 0 Å². The van der Waals surface area contributed by atoms with Crippen LogP contribution in [0.25, 0.3) is 6.08 Å². The van der Waals surface area contributed by atoms with Gasteiger partial charge in [0.1, 0.15) is 12.4 Å². The Morgan fingerprint density at radius 1 is 1.16 bits per heavy atom. The molecule has 0 atom stereocenters. The highest BCUT2D eigenvalue weighted by atomic mass is 16.7. The third kappa shape index (κ3) is 4.55. The van der Waals surface area contributed by atoms with E-state index in [2.05, 4.69) is 11.8 Å². The van der Waals surface area contributed by atoms with E-state index in [-0.39, 0.29) is 13.4 Å². The molecule has 0 saturated heterocycles. The molecule has 1 aliphatic heterocycles. The van der Waals surface area contributed by atoms with Crippen molar-refractivity contribution in [1.82, 2.24) is 0 Å². The summed E-state index contributed by atoms with van der Waals surface area (Å²) in [7, 11) is 1.59. The fraction of sp³-hybridized carbons (Fsp3) is 0.150. The fourth-order valence-corrected chi connectivity index (χ4v) is 2.16. The van der Waals surface area contributed by atoms with Crippen molar-refractivity contribution in [2.24, 2.45) is 0 Å². The Bertz CT molecular complexity index is 841. The van der Waals surface area contributed by atoms with Crippen LogP contribution in [0.15, 0.2) is 48.5 Å². The number of carbonyl (C=O) groups excluding carboxylic acids is 1. The summed E-state index contributed by atoms with van der Waals surface area (Å²) < 4.78 is 20.7. The number of hydrogen-bond acceptors (Lipinski definition) is 5. The molecule has 25 heavy (non-hydrogen) atoms. The molecule has 0 fully saturated rings. The number of ether oxygens (including phenoxy) is 4. The molecule has 0 radical (unpaired) electrons. The van der Waals surface area contributed by atoms with Crippen molar-refractivity contribution in [1.29, 1.82) is 0 Å². The molecule has 0 aromatic heterocycles. The first-order valence-electron chi connectivity index (χ1n) is 7.63. The van der Waals surface area contributed by atoms with Crippen LogP contribution in [0.2, 0.25) is 0 Å². The lowest BCUT2D eigenvalue weighted by Crippen LogP contribution is -2.00. The summed E-state index contributed by atoms with van der Waals surface area (Å²) in [4.78, 5) is 11.6. The quantitative estimate of drug-likeness (QED) is 0.634. The van der Waals surface area contributed by atoms with Crippen LogP contribution in [0.4, 0.5) is 0 Å². The monoisotopic (exact) mass is 336 g/mol.